The predicted octanol–water partition coefficient (Wildman–Crippen LogP) is 5.87. The van der Waals surface area contributed by atoms with Gasteiger partial charge in [0.25, 0.3) is 5.91 Å². The van der Waals surface area contributed by atoms with E-state index in [-0.39, 0.29) is 17.8 Å². The molecular formula is C22H18Cl2FN3O2. The van der Waals surface area contributed by atoms with Crippen molar-refractivity contribution in [3.63, 3.8) is 0 Å². The maximum Gasteiger partial charge on any atom is 0.251 e. The molecule has 1 saturated carbocycles. The molecule has 0 aliphatic heterocycles. The van der Waals surface area contributed by atoms with Crippen LogP contribution in [0.2, 0.25) is 10.0 Å². The zero-order chi connectivity index (χ0) is 20.8. The molecule has 0 saturated heterocycles. The fourth-order valence-electron chi connectivity index (χ4n) is 3.82. The van der Waals surface area contributed by atoms with Crippen LogP contribution in [0.4, 0.5) is 4.39 Å². The van der Waals surface area contributed by atoms with E-state index in [0.29, 0.717) is 39.3 Å². The molecule has 3 aromatic rings. The third-order valence-electron chi connectivity index (χ3n) is 5.48. The Balaban J connectivity index is 1.43. The quantitative estimate of drug-likeness (QED) is 0.545. The maximum atomic E-state index is 14.5. The number of carbonyl (C=O) groups is 1. The summed E-state index contributed by atoms with van der Waals surface area (Å²) in [5, 5.41) is 3.74. The highest BCUT2D eigenvalue weighted by molar-refractivity contribution is 6.35. The SMILES string of the molecule is O=C(N[C@H]1CCCc2nc(-c3cc(C4CC4)ncc3F)oc21)c1cc(Cl)cc(Cl)c1. The second-order valence-corrected chi connectivity index (χ2v) is 8.64. The number of benzene rings is 1. The van der Waals surface area contributed by atoms with Crippen molar-refractivity contribution in [1.29, 1.82) is 0 Å². The maximum absolute atomic E-state index is 14.5. The summed E-state index contributed by atoms with van der Waals surface area (Å²) >= 11 is 12.0. The molecule has 1 atom stereocenters. The number of aromatic nitrogens is 2. The lowest BCUT2D eigenvalue weighted by molar-refractivity contribution is 0.0927. The zero-order valence-electron chi connectivity index (χ0n) is 15.9. The molecule has 0 spiro atoms. The summed E-state index contributed by atoms with van der Waals surface area (Å²) < 4.78 is 20.4. The van der Waals surface area contributed by atoms with Crippen molar-refractivity contribution in [2.75, 3.05) is 0 Å². The van der Waals surface area contributed by atoms with Gasteiger partial charge in [-0.05, 0) is 56.4 Å². The van der Waals surface area contributed by atoms with Crippen molar-refractivity contribution in [2.45, 2.75) is 44.1 Å². The number of pyridine rings is 1. The molecule has 1 aromatic carbocycles. The molecule has 1 fully saturated rings. The minimum absolute atomic E-state index is 0.230. The minimum Gasteiger partial charge on any atom is -0.439 e. The molecule has 1 amide bonds. The lowest BCUT2D eigenvalue weighted by Crippen LogP contribution is -2.30. The van der Waals surface area contributed by atoms with Crippen LogP contribution in [0.1, 0.15) is 65.1 Å². The molecular weight excluding hydrogens is 428 g/mol. The third kappa shape index (κ3) is 3.82. The third-order valence-corrected chi connectivity index (χ3v) is 5.92. The molecule has 2 aromatic heterocycles. The van der Waals surface area contributed by atoms with Crippen LogP contribution in [-0.2, 0) is 6.42 Å². The van der Waals surface area contributed by atoms with Crippen molar-refractivity contribution in [1.82, 2.24) is 15.3 Å². The van der Waals surface area contributed by atoms with Crippen molar-refractivity contribution >= 4 is 29.1 Å². The number of halogens is 3. The van der Waals surface area contributed by atoms with Gasteiger partial charge in [-0.1, -0.05) is 23.2 Å². The van der Waals surface area contributed by atoms with Crippen LogP contribution in [0.25, 0.3) is 11.5 Å². The smallest absolute Gasteiger partial charge is 0.251 e. The molecule has 1 N–H and O–H groups in total. The summed E-state index contributed by atoms with van der Waals surface area (Å²) in [6.07, 6.45) is 5.63. The van der Waals surface area contributed by atoms with Crippen LogP contribution < -0.4 is 5.32 Å². The largest absolute Gasteiger partial charge is 0.439 e. The molecule has 154 valence electrons. The molecule has 30 heavy (non-hydrogen) atoms. The second kappa shape index (κ2) is 7.67. The van der Waals surface area contributed by atoms with Gasteiger partial charge in [-0.15, -0.1) is 0 Å². The number of hydrogen-bond donors (Lipinski definition) is 1. The second-order valence-electron chi connectivity index (χ2n) is 7.77. The lowest BCUT2D eigenvalue weighted by Gasteiger charge is -2.21. The standard InChI is InChI=1S/C22H18Cl2FN3O2/c23-13-6-12(7-14(24)8-13)21(29)27-17-2-1-3-18-20(17)30-22(28-18)15-9-19(11-4-5-11)26-10-16(15)25/h6-11,17H,1-5H2,(H,27,29)/t17-/m0/s1. The molecule has 2 aliphatic carbocycles. The van der Waals surface area contributed by atoms with E-state index in [2.05, 4.69) is 15.3 Å². The van der Waals surface area contributed by atoms with Crippen LogP contribution in [0.15, 0.2) is 34.9 Å². The van der Waals surface area contributed by atoms with Gasteiger partial charge in [0.1, 0.15) is 5.76 Å². The van der Waals surface area contributed by atoms with Gasteiger partial charge in [0, 0.05) is 27.2 Å². The number of carbonyl (C=O) groups excluding carboxylic acids is 1. The molecule has 0 bridgehead atoms. The van der Waals surface area contributed by atoms with Gasteiger partial charge in [0.05, 0.1) is 23.5 Å². The Morgan fingerprint density at radius 3 is 2.63 bits per heavy atom. The van der Waals surface area contributed by atoms with Crippen LogP contribution >= 0.6 is 23.2 Å². The van der Waals surface area contributed by atoms with Gasteiger partial charge < -0.3 is 9.73 Å². The van der Waals surface area contributed by atoms with Crippen LogP contribution in [0.3, 0.4) is 0 Å². The Kier molecular flexibility index (Phi) is 4.99. The van der Waals surface area contributed by atoms with Gasteiger partial charge >= 0.3 is 0 Å². The van der Waals surface area contributed by atoms with E-state index in [9.17, 15) is 9.18 Å². The first-order valence-electron chi connectivity index (χ1n) is 9.90. The first-order valence-corrected chi connectivity index (χ1v) is 10.7. The van der Waals surface area contributed by atoms with Crippen LogP contribution in [-0.4, -0.2) is 15.9 Å². The first-order chi connectivity index (χ1) is 14.5. The average Bonchev–Trinajstić information content (AvgIpc) is 3.46. The number of nitrogens with one attached hydrogen (secondary N) is 1. The van der Waals surface area contributed by atoms with Crippen LogP contribution in [0.5, 0.6) is 0 Å². The summed E-state index contributed by atoms with van der Waals surface area (Å²) in [6, 6.07) is 6.06. The Hall–Kier alpha value is -2.44. The summed E-state index contributed by atoms with van der Waals surface area (Å²) in [5.74, 6) is 0.426. The normalized spacial score (nSPS) is 18.2. The monoisotopic (exact) mass is 445 g/mol. The van der Waals surface area contributed by atoms with E-state index in [1.54, 1.807) is 24.3 Å². The topological polar surface area (TPSA) is 68.0 Å². The summed E-state index contributed by atoms with van der Waals surface area (Å²) in [6.45, 7) is 0. The molecule has 8 heteroatoms. The van der Waals surface area contributed by atoms with Crippen molar-refractivity contribution in [3.8, 4) is 11.5 Å². The molecule has 2 heterocycles. The van der Waals surface area contributed by atoms with E-state index >= 15 is 0 Å². The number of rotatable bonds is 4. The Morgan fingerprint density at radius 1 is 1.13 bits per heavy atom. The van der Waals surface area contributed by atoms with Crippen molar-refractivity contribution in [2.24, 2.45) is 0 Å². The highest BCUT2D eigenvalue weighted by Crippen LogP contribution is 2.41. The van der Waals surface area contributed by atoms with Crippen molar-refractivity contribution < 1.29 is 13.6 Å². The van der Waals surface area contributed by atoms with E-state index < -0.39 is 5.82 Å². The number of hydrogen-bond acceptors (Lipinski definition) is 4. The van der Waals surface area contributed by atoms with Gasteiger partial charge in [-0.3, -0.25) is 9.78 Å². The van der Waals surface area contributed by atoms with Crippen LogP contribution in [0, 0.1) is 5.82 Å². The van der Waals surface area contributed by atoms with Gasteiger partial charge in [0.2, 0.25) is 5.89 Å². The lowest BCUT2D eigenvalue weighted by atomic mass is 9.96. The highest BCUT2D eigenvalue weighted by atomic mass is 35.5. The molecule has 0 radical (unpaired) electrons. The Labute approximate surface area is 182 Å². The summed E-state index contributed by atoms with van der Waals surface area (Å²) in [7, 11) is 0. The van der Waals surface area contributed by atoms with E-state index in [0.717, 1.165) is 37.1 Å². The minimum atomic E-state index is -0.466. The fourth-order valence-corrected chi connectivity index (χ4v) is 4.35. The van der Waals surface area contributed by atoms with Gasteiger partial charge in [-0.25, -0.2) is 9.37 Å². The number of nitrogens with zero attached hydrogens (tertiary/aromatic N) is 2. The highest BCUT2D eigenvalue weighted by Gasteiger charge is 2.31. The number of fused-ring (bicyclic) bond motifs is 1. The first kappa shape index (κ1) is 19.5. The average molecular weight is 446 g/mol. The Bertz CT molecular complexity index is 1120. The van der Waals surface area contributed by atoms with Crippen molar-refractivity contribution in [3.05, 3.63) is 69.0 Å². The molecule has 0 unspecified atom stereocenters. The fraction of sp³-hybridized carbons (Fsp3) is 0.318. The molecule has 2 aliphatic rings. The summed E-state index contributed by atoms with van der Waals surface area (Å²) in [5.41, 5.74) is 2.29. The zero-order valence-corrected chi connectivity index (χ0v) is 17.4. The number of oxazole rings is 1. The van der Waals surface area contributed by atoms with E-state index in [1.165, 1.54) is 6.20 Å². The van der Waals surface area contributed by atoms with Gasteiger partial charge in [0.15, 0.2) is 5.82 Å². The molecule has 5 nitrogen and oxygen atoms in total. The molecule has 5 rings (SSSR count). The predicted molar refractivity (Wildman–Crippen MR) is 111 cm³/mol. The number of aryl methyl sites for hydroxylation is 1. The number of amides is 1. The Morgan fingerprint density at radius 2 is 1.90 bits per heavy atom. The summed E-state index contributed by atoms with van der Waals surface area (Å²) in [4.78, 5) is 21.4. The van der Waals surface area contributed by atoms with E-state index in [1.807, 2.05) is 0 Å². The van der Waals surface area contributed by atoms with E-state index in [4.69, 9.17) is 27.6 Å². The van der Waals surface area contributed by atoms with Gasteiger partial charge in [-0.2, -0.15) is 0 Å².